The van der Waals surface area contributed by atoms with Crippen LogP contribution in [0, 0.1) is 12.7 Å². The van der Waals surface area contributed by atoms with Gasteiger partial charge in [-0.1, -0.05) is 17.7 Å². The van der Waals surface area contributed by atoms with E-state index in [0.717, 1.165) is 5.56 Å². The maximum absolute atomic E-state index is 13.6. The zero-order chi connectivity index (χ0) is 13.9. The number of hydrogen-bond donors (Lipinski definition) is 1. The molecule has 18 heavy (non-hydrogen) atoms. The third-order valence-corrected chi connectivity index (χ3v) is 2.34. The van der Waals surface area contributed by atoms with E-state index in [2.05, 4.69) is 5.32 Å². The molecule has 0 saturated carbocycles. The highest BCUT2D eigenvalue weighted by Crippen LogP contribution is 2.20. The second-order valence-corrected chi connectivity index (χ2v) is 5.48. The van der Waals surface area contributed by atoms with E-state index >= 15 is 0 Å². The fourth-order valence-electron chi connectivity index (χ4n) is 1.41. The minimum Gasteiger partial charge on any atom is -0.444 e. The molecule has 0 unspecified atom stereocenters. The number of amides is 1. The molecule has 1 aromatic carbocycles. The van der Waals surface area contributed by atoms with Crippen molar-refractivity contribution in [2.75, 3.05) is 0 Å². The van der Waals surface area contributed by atoms with Gasteiger partial charge in [0.1, 0.15) is 11.4 Å². The average Bonchev–Trinajstić information content (AvgIpc) is 2.18. The number of nitrogens with one attached hydrogen (secondary N) is 1. The normalized spacial score (nSPS) is 11.2. The molecule has 1 amide bonds. The molecular weight excluding hydrogens is 257 g/mol. The smallest absolute Gasteiger partial charge is 0.407 e. The number of rotatable bonds is 2. The quantitative estimate of drug-likeness (QED) is 0.890. The molecule has 3 nitrogen and oxygen atoms in total. The van der Waals surface area contributed by atoms with E-state index in [1.165, 1.54) is 6.07 Å². The number of halogens is 2. The first-order valence-corrected chi connectivity index (χ1v) is 5.98. The van der Waals surface area contributed by atoms with Gasteiger partial charge in [-0.25, -0.2) is 9.18 Å². The van der Waals surface area contributed by atoms with E-state index < -0.39 is 17.5 Å². The van der Waals surface area contributed by atoms with Gasteiger partial charge in [-0.3, -0.25) is 0 Å². The van der Waals surface area contributed by atoms with Crippen LogP contribution in [0.15, 0.2) is 12.1 Å². The van der Waals surface area contributed by atoms with Crippen LogP contribution in [0.4, 0.5) is 9.18 Å². The van der Waals surface area contributed by atoms with Gasteiger partial charge < -0.3 is 10.1 Å². The van der Waals surface area contributed by atoms with E-state index in [0.29, 0.717) is 5.56 Å². The van der Waals surface area contributed by atoms with Crippen molar-refractivity contribution < 1.29 is 13.9 Å². The Hall–Kier alpha value is -1.29. The molecule has 5 heteroatoms. The lowest BCUT2D eigenvalue weighted by molar-refractivity contribution is 0.0523. The number of ether oxygens (including phenoxy) is 1. The summed E-state index contributed by atoms with van der Waals surface area (Å²) in [5.41, 5.74) is 0.598. The number of aryl methyl sites for hydroxylation is 1. The fourth-order valence-corrected chi connectivity index (χ4v) is 1.70. The number of carbonyl (C=O) groups excluding carboxylic acids is 1. The van der Waals surface area contributed by atoms with Crippen LogP contribution in [-0.2, 0) is 11.3 Å². The third kappa shape index (κ3) is 4.53. The Morgan fingerprint density at radius 2 is 2.06 bits per heavy atom. The summed E-state index contributed by atoms with van der Waals surface area (Å²) in [5, 5.41) is 2.54. The molecule has 1 N–H and O–H groups in total. The van der Waals surface area contributed by atoms with Gasteiger partial charge in [-0.2, -0.15) is 0 Å². The summed E-state index contributed by atoms with van der Waals surface area (Å²) in [7, 11) is 0. The molecule has 100 valence electrons. The molecule has 1 rings (SSSR count). The molecule has 0 fully saturated rings. The second kappa shape index (κ2) is 5.57. The Bertz CT molecular complexity index is 455. The molecule has 0 bridgehead atoms. The van der Waals surface area contributed by atoms with Gasteiger partial charge in [0.2, 0.25) is 0 Å². The molecule has 0 heterocycles. The minimum absolute atomic E-state index is 0.0438. The van der Waals surface area contributed by atoms with Crippen LogP contribution in [0.5, 0.6) is 0 Å². The molecule has 0 aliphatic carbocycles. The van der Waals surface area contributed by atoms with Crippen molar-refractivity contribution in [2.45, 2.75) is 39.8 Å². The van der Waals surface area contributed by atoms with Crippen LogP contribution in [0.3, 0.4) is 0 Å². The number of benzene rings is 1. The highest BCUT2D eigenvalue weighted by molar-refractivity contribution is 6.30. The SMILES string of the molecule is Cc1cc(Cl)c(F)c(CNC(=O)OC(C)(C)C)c1. The van der Waals surface area contributed by atoms with E-state index in [4.69, 9.17) is 16.3 Å². The topological polar surface area (TPSA) is 38.3 Å². The second-order valence-electron chi connectivity index (χ2n) is 5.08. The van der Waals surface area contributed by atoms with Gasteiger partial charge in [0, 0.05) is 12.1 Å². The lowest BCUT2D eigenvalue weighted by atomic mass is 10.1. The maximum atomic E-state index is 13.6. The van der Waals surface area contributed by atoms with Crippen molar-refractivity contribution in [2.24, 2.45) is 0 Å². The average molecular weight is 274 g/mol. The van der Waals surface area contributed by atoms with Crippen molar-refractivity contribution in [3.8, 4) is 0 Å². The highest BCUT2D eigenvalue weighted by Gasteiger charge is 2.16. The monoisotopic (exact) mass is 273 g/mol. The number of carbonyl (C=O) groups is 1. The van der Waals surface area contributed by atoms with Crippen LogP contribution < -0.4 is 5.32 Å². The van der Waals surface area contributed by atoms with Gasteiger partial charge in [0.05, 0.1) is 5.02 Å². The lowest BCUT2D eigenvalue weighted by Gasteiger charge is -2.19. The Labute approximate surface area is 111 Å². The first kappa shape index (κ1) is 14.8. The Balaban J connectivity index is 2.67. The predicted molar refractivity (Wildman–Crippen MR) is 69.2 cm³/mol. The Kier molecular flexibility index (Phi) is 4.57. The number of alkyl carbamates (subject to hydrolysis) is 1. The van der Waals surface area contributed by atoms with Gasteiger partial charge >= 0.3 is 6.09 Å². The van der Waals surface area contributed by atoms with Crippen LogP contribution in [0.2, 0.25) is 5.02 Å². The van der Waals surface area contributed by atoms with Crippen molar-refractivity contribution in [3.05, 3.63) is 34.1 Å². The summed E-state index contributed by atoms with van der Waals surface area (Å²) in [6.45, 7) is 7.13. The van der Waals surface area contributed by atoms with E-state index in [9.17, 15) is 9.18 Å². The van der Waals surface area contributed by atoms with Gasteiger partial charge in [-0.15, -0.1) is 0 Å². The minimum atomic E-state index is -0.584. The van der Waals surface area contributed by atoms with Crippen molar-refractivity contribution in [1.29, 1.82) is 0 Å². The van der Waals surface area contributed by atoms with E-state index in [1.54, 1.807) is 26.8 Å². The summed E-state index contributed by atoms with van der Waals surface area (Å²) >= 11 is 5.72. The first-order chi connectivity index (χ1) is 8.19. The van der Waals surface area contributed by atoms with E-state index in [1.807, 2.05) is 6.92 Å². The zero-order valence-corrected chi connectivity index (χ0v) is 11.7. The Morgan fingerprint density at radius 3 is 2.61 bits per heavy atom. The van der Waals surface area contributed by atoms with Crippen LogP contribution in [0.25, 0.3) is 0 Å². The zero-order valence-electron chi connectivity index (χ0n) is 10.9. The molecule has 0 aromatic heterocycles. The molecule has 0 atom stereocenters. The lowest BCUT2D eigenvalue weighted by Crippen LogP contribution is -2.32. The molecular formula is C13H17ClFNO2. The van der Waals surface area contributed by atoms with Crippen molar-refractivity contribution in [1.82, 2.24) is 5.32 Å². The summed E-state index contributed by atoms with van der Waals surface area (Å²) in [5.74, 6) is -0.515. The first-order valence-electron chi connectivity index (χ1n) is 5.60. The summed E-state index contributed by atoms with van der Waals surface area (Å²) in [6, 6.07) is 3.17. The molecule has 0 spiro atoms. The maximum Gasteiger partial charge on any atom is 0.407 e. The fraction of sp³-hybridized carbons (Fsp3) is 0.462. The molecule has 0 saturated heterocycles. The summed E-state index contributed by atoms with van der Waals surface area (Å²) in [6.07, 6.45) is -0.584. The van der Waals surface area contributed by atoms with E-state index in [-0.39, 0.29) is 11.6 Å². The van der Waals surface area contributed by atoms with Crippen molar-refractivity contribution >= 4 is 17.7 Å². The highest BCUT2D eigenvalue weighted by atomic mass is 35.5. The van der Waals surface area contributed by atoms with Crippen LogP contribution in [-0.4, -0.2) is 11.7 Å². The standard InChI is InChI=1S/C13H17ClFNO2/c1-8-5-9(11(15)10(14)6-8)7-16-12(17)18-13(2,3)4/h5-6H,7H2,1-4H3,(H,16,17). The molecule has 1 aromatic rings. The number of hydrogen-bond acceptors (Lipinski definition) is 2. The summed E-state index contributed by atoms with van der Waals surface area (Å²) < 4.78 is 18.7. The third-order valence-electron chi connectivity index (χ3n) is 2.07. The largest absolute Gasteiger partial charge is 0.444 e. The summed E-state index contributed by atoms with van der Waals surface area (Å²) in [4.78, 5) is 11.4. The molecule has 0 radical (unpaired) electrons. The Morgan fingerprint density at radius 1 is 1.44 bits per heavy atom. The van der Waals surface area contributed by atoms with Gasteiger partial charge in [-0.05, 0) is 39.3 Å². The van der Waals surface area contributed by atoms with Gasteiger partial charge in [0.15, 0.2) is 0 Å². The van der Waals surface area contributed by atoms with Crippen LogP contribution in [0.1, 0.15) is 31.9 Å². The van der Waals surface area contributed by atoms with Gasteiger partial charge in [0.25, 0.3) is 0 Å². The van der Waals surface area contributed by atoms with Crippen molar-refractivity contribution in [3.63, 3.8) is 0 Å². The molecule has 0 aliphatic heterocycles. The van der Waals surface area contributed by atoms with Crippen LogP contribution >= 0.6 is 11.6 Å². The predicted octanol–water partition coefficient (Wildman–Crippen LogP) is 3.81. The molecule has 0 aliphatic rings.